The third kappa shape index (κ3) is 6.05. The molecule has 7 heteroatoms. The van der Waals surface area contributed by atoms with E-state index < -0.39 is 5.91 Å². The van der Waals surface area contributed by atoms with Crippen LogP contribution in [0.15, 0.2) is 42.6 Å². The minimum absolute atomic E-state index is 0.108. The molecular formula is C20H24ClN4O2+. The van der Waals surface area contributed by atoms with E-state index in [1.54, 1.807) is 11.0 Å². The molecule has 1 saturated heterocycles. The van der Waals surface area contributed by atoms with Crippen molar-refractivity contribution in [2.75, 3.05) is 19.6 Å². The van der Waals surface area contributed by atoms with Gasteiger partial charge in [-0.15, -0.1) is 0 Å². The van der Waals surface area contributed by atoms with Crippen LogP contribution in [0.1, 0.15) is 34.5 Å². The van der Waals surface area contributed by atoms with E-state index in [2.05, 4.69) is 27.8 Å². The van der Waals surface area contributed by atoms with Crippen molar-refractivity contribution in [1.82, 2.24) is 15.6 Å². The van der Waals surface area contributed by atoms with Crippen LogP contribution in [0.2, 0.25) is 5.02 Å². The Hall–Kier alpha value is -2.44. The van der Waals surface area contributed by atoms with Crippen molar-refractivity contribution >= 4 is 23.4 Å². The van der Waals surface area contributed by atoms with Crippen molar-refractivity contribution < 1.29 is 14.5 Å². The molecule has 3 rings (SSSR count). The van der Waals surface area contributed by atoms with E-state index in [-0.39, 0.29) is 18.1 Å². The fourth-order valence-electron chi connectivity index (χ4n) is 3.16. The van der Waals surface area contributed by atoms with Crippen LogP contribution in [0.5, 0.6) is 0 Å². The number of pyridine rings is 1. The number of likely N-dealkylation sites (tertiary alicyclic amines) is 1. The molecule has 6 nitrogen and oxygen atoms in total. The van der Waals surface area contributed by atoms with E-state index in [0.717, 1.165) is 12.1 Å². The molecule has 1 aliphatic rings. The molecule has 27 heavy (non-hydrogen) atoms. The second kappa shape index (κ2) is 9.48. The predicted molar refractivity (Wildman–Crippen MR) is 104 cm³/mol. The molecule has 1 aromatic carbocycles. The number of rotatable bonds is 7. The molecule has 2 heterocycles. The Morgan fingerprint density at radius 1 is 1.04 bits per heavy atom. The number of carbonyl (C=O) groups excluding carboxylic acids is 2. The highest BCUT2D eigenvalue weighted by molar-refractivity contribution is 6.30. The highest BCUT2D eigenvalue weighted by Crippen LogP contribution is 2.07. The van der Waals surface area contributed by atoms with Crippen LogP contribution < -0.4 is 15.5 Å². The van der Waals surface area contributed by atoms with E-state index in [4.69, 9.17) is 11.6 Å². The van der Waals surface area contributed by atoms with Crippen LogP contribution >= 0.6 is 11.6 Å². The second-order valence-electron chi connectivity index (χ2n) is 6.77. The molecule has 0 radical (unpaired) electrons. The maximum Gasteiger partial charge on any atom is 0.270 e. The number of nitrogens with one attached hydrogen (secondary N) is 3. The number of hydrogen-bond donors (Lipinski definition) is 3. The molecule has 142 valence electrons. The first-order valence-corrected chi connectivity index (χ1v) is 9.56. The average molecular weight is 388 g/mol. The lowest BCUT2D eigenvalue weighted by Crippen LogP contribution is -3.08. The van der Waals surface area contributed by atoms with Gasteiger partial charge in [0.2, 0.25) is 5.91 Å². The van der Waals surface area contributed by atoms with Gasteiger partial charge in [0.15, 0.2) is 0 Å². The largest absolute Gasteiger partial charge is 0.350 e. The second-order valence-corrected chi connectivity index (χ2v) is 7.21. The summed E-state index contributed by atoms with van der Waals surface area (Å²) in [5.41, 5.74) is 2.54. The molecular weight excluding hydrogens is 364 g/mol. The van der Waals surface area contributed by atoms with Gasteiger partial charge >= 0.3 is 0 Å². The van der Waals surface area contributed by atoms with Gasteiger partial charge < -0.3 is 15.5 Å². The number of quaternary nitrogens is 1. The summed E-state index contributed by atoms with van der Waals surface area (Å²) in [5, 5.41) is 5.77. The minimum atomic E-state index is -0.429. The third-order valence-electron chi connectivity index (χ3n) is 4.64. The number of hydrogen-bond acceptors (Lipinski definition) is 3. The Kier molecular flexibility index (Phi) is 6.79. The molecule has 1 fully saturated rings. The molecule has 0 spiro atoms. The highest BCUT2D eigenvalue weighted by Gasteiger charge is 2.15. The van der Waals surface area contributed by atoms with Crippen molar-refractivity contribution in [2.45, 2.75) is 25.9 Å². The van der Waals surface area contributed by atoms with Gasteiger partial charge in [0, 0.05) is 36.2 Å². The van der Waals surface area contributed by atoms with Crippen LogP contribution in [0.25, 0.3) is 0 Å². The summed E-state index contributed by atoms with van der Waals surface area (Å²) in [5.74, 6) is -0.683. The Balaban J connectivity index is 1.40. The standard InChI is InChI=1S/C20H23ClN4O2/c21-17-7-8-22-18(11-17)20(27)24-13-19(26)23-12-15-3-5-16(6-4-15)14-25-9-1-2-10-25/h3-8,11H,1-2,9-10,12-14H2,(H,23,26)(H,24,27)/p+1. The molecule has 0 unspecified atom stereocenters. The zero-order chi connectivity index (χ0) is 19.1. The molecule has 2 aromatic rings. The fraction of sp³-hybridized carbons (Fsp3) is 0.350. The number of halogens is 1. The maximum absolute atomic E-state index is 11.9. The van der Waals surface area contributed by atoms with Crippen LogP contribution in [0.3, 0.4) is 0 Å². The number of benzene rings is 1. The Bertz CT molecular complexity index is 789. The molecule has 0 saturated carbocycles. The summed E-state index contributed by atoms with van der Waals surface area (Å²) in [6, 6.07) is 11.4. The van der Waals surface area contributed by atoms with Crippen molar-refractivity contribution in [3.8, 4) is 0 Å². The van der Waals surface area contributed by atoms with Crippen LogP contribution in [-0.4, -0.2) is 36.4 Å². The third-order valence-corrected chi connectivity index (χ3v) is 4.88. The first kappa shape index (κ1) is 19.3. The normalized spacial score (nSPS) is 14.1. The van der Waals surface area contributed by atoms with Gasteiger partial charge in [-0.2, -0.15) is 0 Å². The summed E-state index contributed by atoms with van der Waals surface area (Å²) in [6.07, 6.45) is 4.10. The van der Waals surface area contributed by atoms with E-state index in [1.807, 2.05) is 12.1 Å². The van der Waals surface area contributed by atoms with E-state index >= 15 is 0 Å². The molecule has 3 N–H and O–H groups in total. The van der Waals surface area contributed by atoms with Gasteiger partial charge in [-0.25, -0.2) is 0 Å². The summed E-state index contributed by atoms with van der Waals surface area (Å²) in [7, 11) is 0. The number of amides is 2. The summed E-state index contributed by atoms with van der Waals surface area (Å²) >= 11 is 5.83. The Labute approximate surface area is 163 Å². The first-order valence-electron chi connectivity index (χ1n) is 9.18. The summed E-state index contributed by atoms with van der Waals surface area (Å²) in [4.78, 5) is 29.4. The van der Waals surface area contributed by atoms with Crippen molar-refractivity contribution in [2.24, 2.45) is 0 Å². The molecule has 0 atom stereocenters. The fourth-order valence-corrected chi connectivity index (χ4v) is 3.32. The number of nitrogens with zero attached hydrogens (tertiary/aromatic N) is 1. The molecule has 2 amide bonds. The quantitative estimate of drug-likeness (QED) is 0.662. The van der Waals surface area contributed by atoms with Gasteiger partial charge in [0.1, 0.15) is 12.2 Å². The van der Waals surface area contributed by atoms with Gasteiger partial charge in [0.25, 0.3) is 5.91 Å². The van der Waals surface area contributed by atoms with Crippen molar-refractivity contribution in [1.29, 1.82) is 0 Å². The minimum Gasteiger partial charge on any atom is -0.350 e. The zero-order valence-corrected chi connectivity index (χ0v) is 15.9. The monoisotopic (exact) mass is 387 g/mol. The highest BCUT2D eigenvalue weighted by atomic mass is 35.5. The lowest BCUT2D eigenvalue weighted by Gasteiger charge is -2.12. The lowest BCUT2D eigenvalue weighted by molar-refractivity contribution is -0.901. The topological polar surface area (TPSA) is 75.5 Å². The maximum atomic E-state index is 11.9. The Morgan fingerprint density at radius 2 is 1.74 bits per heavy atom. The number of carbonyl (C=O) groups is 2. The average Bonchev–Trinajstić information content (AvgIpc) is 3.18. The van der Waals surface area contributed by atoms with Crippen molar-refractivity contribution in [3.05, 3.63) is 64.4 Å². The predicted octanol–water partition coefficient (Wildman–Crippen LogP) is 0.960. The smallest absolute Gasteiger partial charge is 0.270 e. The van der Waals surface area contributed by atoms with Crippen molar-refractivity contribution in [3.63, 3.8) is 0 Å². The van der Waals surface area contributed by atoms with E-state index in [0.29, 0.717) is 11.6 Å². The van der Waals surface area contributed by atoms with Crippen LogP contribution in [-0.2, 0) is 17.9 Å². The summed E-state index contributed by atoms with van der Waals surface area (Å²) in [6.45, 7) is 3.91. The van der Waals surface area contributed by atoms with Gasteiger partial charge in [0.05, 0.1) is 19.6 Å². The lowest BCUT2D eigenvalue weighted by atomic mass is 10.1. The van der Waals surface area contributed by atoms with Crippen LogP contribution in [0.4, 0.5) is 0 Å². The van der Waals surface area contributed by atoms with Crippen LogP contribution in [0, 0.1) is 0 Å². The SMILES string of the molecule is O=C(CNC(=O)c1cc(Cl)ccn1)NCc1ccc(C[NH+]2CCCC2)cc1. The van der Waals surface area contributed by atoms with Gasteiger partial charge in [-0.3, -0.25) is 14.6 Å². The molecule has 0 aliphatic carbocycles. The van der Waals surface area contributed by atoms with E-state index in [1.165, 1.54) is 43.8 Å². The summed E-state index contributed by atoms with van der Waals surface area (Å²) < 4.78 is 0. The van der Waals surface area contributed by atoms with E-state index in [9.17, 15) is 9.59 Å². The molecule has 0 bridgehead atoms. The van der Waals surface area contributed by atoms with Gasteiger partial charge in [-0.05, 0) is 17.7 Å². The first-order chi connectivity index (χ1) is 13.1. The molecule has 1 aliphatic heterocycles. The molecule has 1 aromatic heterocycles. The zero-order valence-electron chi connectivity index (χ0n) is 15.1. The van der Waals surface area contributed by atoms with Gasteiger partial charge in [-0.1, -0.05) is 35.9 Å². The number of aromatic nitrogens is 1. The Morgan fingerprint density at radius 3 is 2.44 bits per heavy atom.